The number of pyridine rings is 1. The molecule has 0 saturated carbocycles. The summed E-state index contributed by atoms with van der Waals surface area (Å²) in [6.45, 7) is 0.401. The van der Waals surface area contributed by atoms with Gasteiger partial charge < -0.3 is 5.32 Å². The molecule has 1 N–H and O–H groups in total. The SMILES string of the molecule is CNc1cc(Cn2nc3cnccn3c2=O)ccn1. The van der Waals surface area contributed by atoms with Crippen LogP contribution in [0.15, 0.2) is 41.7 Å². The van der Waals surface area contributed by atoms with Gasteiger partial charge in [0.15, 0.2) is 5.65 Å². The number of hydrogen-bond donors (Lipinski definition) is 1. The lowest BCUT2D eigenvalue weighted by Gasteiger charge is -2.03. The molecule has 3 aromatic heterocycles. The number of nitrogens with zero attached hydrogens (tertiary/aromatic N) is 5. The van der Waals surface area contributed by atoms with E-state index in [0.29, 0.717) is 12.2 Å². The van der Waals surface area contributed by atoms with Gasteiger partial charge in [-0.1, -0.05) is 0 Å². The van der Waals surface area contributed by atoms with Gasteiger partial charge in [-0.3, -0.25) is 4.98 Å². The number of aromatic nitrogens is 5. The molecule has 0 unspecified atom stereocenters. The Morgan fingerprint density at radius 1 is 1.37 bits per heavy atom. The Hall–Kier alpha value is -2.70. The molecular weight excluding hydrogens is 244 g/mol. The number of nitrogens with one attached hydrogen (secondary N) is 1. The molecule has 0 amide bonds. The Bertz CT molecular complexity index is 775. The van der Waals surface area contributed by atoms with E-state index < -0.39 is 0 Å². The topological polar surface area (TPSA) is 77.1 Å². The summed E-state index contributed by atoms with van der Waals surface area (Å²) in [4.78, 5) is 20.2. The fraction of sp³-hybridized carbons (Fsp3) is 0.167. The molecule has 0 aliphatic carbocycles. The van der Waals surface area contributed by atoms with E-state index in [1.807, 2.05) is 12.1 Å². The molecule has 0 fully saturated rings. The maximum atomic E-state index is 12.1. The van der Waals surface area contributed by atoms with E-state index in [-0.39, 0.29) is 5.69 Å². The first-order chi connectivity index (χ1) is 9.28. The van der Waals surface area contributed by atoms with E-state index >= 15 is 0 Å². The Balaban J connectivity index is 2.01. The van der Waals surface area contributed by atoms with Crippen molar-refractivity contribution in [1.29, 1.82) is 0 Å². The van der Waals surface area contributed by atoms with E-state index in [1.54, 1.807) is 31.8 Å². The molecule has 0 spiro atoms. The Morgan fingerprint density at radius 3 is 3.05 bits per heavy atom. The fourth-order valence-electron chi connectivity index (χ4n) is 1.87. The second-order valence-electron chi connectivity index (χ2n) is 4.04. The third-order valence-corrected chi connectivity index (χ3v) is 2.80. The van der Waals surface area contributed by atoms with Crippen LogP contribution in [-0.4, -0.2) is 31.2 Å². The highest BCUT2D eigenvalue weighted by atomic mass is 16.2. The van der Waals surface area contributed by atoms with Crippen molar-refractivity contribution < 1.29 is 0 Å². The zero-order chi connectivity index (χ0) is 13.2. The summed E-state index contributed by atoms with van der Waals surface area (Å²) < 4.78 is 2.87. The highest BCUT2D eigenvalue weighted by Crippen LogP contribution is 2.06. The van der Waals surface area contributed by atoms with Crippen LogP contribution in [0.4, 0.5) is 5.82 Å². The van der Waals surface area contributed by atoms with Crippen LogP contribution in [0.2, 0.25) is 0 Å². The van der Waals surface area contributed by atoms with Crippen LogP contribution in [-0.2, 0) is 6.54 Å². The molecule has 3 rings (SSSR count). The van der Waals surface area contributed by atoms with Gasteiger partial charge in [-0.15, -0.1) is 5.10 Å². The Morgan fingerprint density at radius 2 is 2.26 bits per heavy atom. The normalized spacial score (nSPS) is 10.8. The average molecular weight is 256 g/mol. The molecule has 0 aliphatic rings. The molecule has 0 aliphatic heterocycles. The number of hydrogen-bond acceptors (Lipinski definition) is 5. The highest BCUT2D eigenvalue weighted by Gasteiger charge is 2.07. The molecule has 7 heteroatoms. The lowest BCUT2D eigenvalue weighted by atomic mass is 10.2. The summed E-state index contributed by atoms with van der Waals surface area (Å²) in [5.41, 5.74) is 1.31. The minimum absolute atomic E-state index is 0.180. The minimum atomic E-state index is -0.180. The van der Waals surface area contributed by atoms with Gasteiger partial charge in [-0.05, 0) is 17.7 Å². The summed E-state index contributed by atoms with van der Waals surface area (Å²) in [5, 5.41) is 7.19. The maximum absolute atomic E-state index is 12.1. The van der Waals surface area contributed by atoms with Gasteiger partial charge in [0.2, 0.25) is 0 Å². The number of fused-ring (bicyclic) bond motifs is 1. The van der Waals surface area contributed by atoms with E-state index in [1.165, 1.54) is 9.08 Å². The zero-order valence-corrected chi connectivity index (χ0v) is 10.3. The van der Waals surface area contributed by atoms with Gasteiger partial charge >= 0.3 is 5.69 Å². The minimum Gasteiger partial charge on any atom is -0.373 e. The second-order valence-corrected chi connectivity index (χ2v) is 4.04. The molecule has 3 aromatic rings. The average Bonchev–Trinajstić information content (AvgIpc) is 2.76. The standard InChI is InChI=1S/C12H12N6O/c1-13-10-6-9(2-3-15-10)8-18-12(19)17-5-4-14-7-11(17)16-18/h2-7H,8H2,1H3,(H,13,15). The highest BCUT2D eigenvalue weighted by molar-refractivity contribution is 5.37. The molecular formula is C12H12N6O. The van der Waals surface area contributed by atoms with Crippen LogP contribution in [0.3, 0.4) is 0 Å². The second kappa shape index (κ2) is 4.52. The van der Waals surface area contributed by atoms with Crippen LogP contribution in [0, 0.1) is 0 Å². The quantitative estimate of drug-likeness (QED) is 0.733. The fourth-order valence-corrected chi connectivity index (χ4v) is 1.87. The van der Waals surface area contributed by atoms with E-state index in [9.17, 15) is 4.79 Å². The van der Waals surface area contributed by atoms with Gasteiger partial charge in [0.05, 0.1) is 12.7 Å². The molecule has 0 aromatic carbocycles. The third-order valence-electron chi connectivity index (χ3n) is 2.80. The van der Waals surface area contributed by atoms with Gasteiger partial charge in [0, 0.05) is 25.6 Å². The summed E-state index contributed by atoms with van der Waals surface area (Å²) in [7, 11) is 1.80. The van der Waals surface area contributed by atoms with Crippen LogP contribution < -0.4 is 11.0 Å². The number of anilines is 1. The van der Waals surface area contributed by atoms with Crippen molar-refractivity contribution in [2.75, 3.05) is 12.4 Å². The maximum Gasteiger partial charge on any atom is 0.350 e. The largest absolute Gasteiger partial charge is 0.373 e. The molecule has 96 valence electrons. The van der Waals surface area contributed by atoms with Crippen molar-refractivity contribution in [3.63, 3.8) is 0 Å². The van der Waals surface area contributed by atoms with E-state index in [4.69, 9.17) is 0 Å². The van der Waals surface area contributed by atoms with Crippen molar-refractivity contribution in [2.24, 2.45) is 0 Å². The van der Waals surface area contributed by atoms with Gasteiger partial charge in [-0.25, -0.2) is 18.9 Å². The van der Waals surface area contributed by atoms with Crippen molar-refractivity contribution in [3.8, 4) is 0 Å². The Labute approximate surface area is 108 Å². The predicted octanol–water partition coefficient (Wildman–Crippen LogP) is 0.376. The van der Waals surface area contributed by atoms with Gasteiger partial charge in [0.25, 0.3) is 0 Å². The van der Waals surface area contributed by atoms with Crippen molar-refractivity contribution in [1.82, 2.24) is 24.1 Å². The molecule has 0 radical (unpaired) electrons. The molecule has 0 saturated heterocycles. The van der Waals surface area contributed by atoms with Crippen molar-refractivity contribution in [3.05, 3.63) is 53.0 Å². The van der Waals surface area contributed by atoms with Crippen LogP contribution in [0.25, 0.3) is 5.65 Å². The first-order valence-electron chi connectivity index (χ1n) is 5.80. The van der Waals surface area contributed by atoms with Crippen molar-refractivity contribution >= 4 is 11.5 Å². The first-order valence-corrected chi connectivity index (χ1v) is 5.80. The van der Waals surface area contributed by atoms with Gasteiger partial charge in [-0.2, -0.15) is 0 Å². The molecule has 3 heterocycles. The van der Waals surface area contributed by atoms with E-state index in [2.05, 4.69) is 20.4 Å². The third kappa shape index (κ3) is 2.05. The predicted molar refractivity (Wildman–Crippen MR) is 70.1 cm³/mol. The van der Waals surface area contributed by atoms with E-state index in [0.717, 1.165) is 11.4 Å². The molecule has 19 heavy (non-hydrogen) atoms. The van der Waals surface area contributed by atoms with Crippen LogP contribution in [0.5, 0.6) is 0 Å². The molecule has 0 bridgehead atoms. The first kappa shape index (κ1) is 11.4. The van der Waals surface area contributed by atoms with Crippen molar-refractivity contribution in [2.45, 2.75) is 6.54 Å². The lowest BCUT2D eigenvalue weighted by molar-refractivity contribution is 0.658. The van der Waals surface area contributed by atoms with Crippen LogP contribution >= 0.6 is 0 Å². The van der Waals surface area contributed by atoms with Gasteiger partial charge in [0.1, 0.15) is 5.82 Å². The van der Waals surface area contributed by atoms with Crippen LogP contribution in [0.1, 0.15) is 5.56 Å². The monoisotopic (exact) mass is 256 g/mol. The molecule has 7 nitrogen and oxygen atoms in total. The summed E-state index contributed by atoms with van der Waals surface area (Å²) >= 11 is 0. The Kier molecular flexibility index (Phi) is 2.71. The summed E-state index contributed by atoms with van der Waals surface area (Å²) in [5.74, 6) is 0.760. The zero-order valence-electron chi connectivity index (χ0n) is 10.3. The number of rotatable bonds is 3. The molecule has 0 atom stereocenters. The summed E-state index contributed by atoms with van der Waals surface area (Å²) in [6.07, 6.45) is 6.42. The smallest absolute Gasteiger partial charge is 0.350 e. The summed E-state index contributed by atoms with van der Waals surface area (Å²) in [6, 6.07) is 3.74. The lowest BCUT2D eigenvalue weighted by Crippen LogP contribution is -2.21.